The fourth-order valence-corrected chi connectivity index (χ4v) is 3.82. The zero-order chi connectivity index (χ0) is 20.6. The molecule has 0 aliphatic heterocycles. The van der Waals surface area contributed by atoms with Crippen LogP contribution >= 0.6 is 10.7 Å². The van der Waals surface area contributed by atoms with Gasteiger partial charge in [0, 0.05) is 23.3 Å². The molecule has 154 valence electrons. The third-order valence-electron chi connectivity index (χ3n) is 4.03. The minimum atomic E-state index is -3.87. The highest BCUT2D eigenvalue weighted by molar-refractivity contribution is 8.13. The third kappa shape index (κ3) is 6.58. The second-order valence-corrected chi connectivity index (χ2v) is 8.74. The van der Waals surface area contributed by atoms with Crippen molar-refractivity contribution >= 4 is 19.7 Å². The largest absolute Gasteiger partial charge is 0.495 e. The molecular formula is C20H26ClNO5S. The Morgan fingerprint density at radius 3 is 2.36 bits per heavy atom. The van der Waals surface area contributed by atoms with Crippen LogP contribution in [0.3, 0.4) is 0 Å². The molecule has 0 aliphatic rings. The lowest BCUT2D eigenvalue weighted by Crippen LogP contribution is -2.31. The Kier molecular flexibility index (Phi) is 8.41. The lowest BCUT2D eigenvalue weighted by atomic mass is 10.1. The Morgan fingerprint density at radius 2 is 1.75 bits per heavy atom. The number of nitrogens with one attached hydrogen (secondary N) is 1. The Morgan fingerprint density at radius 1 is 1.07 bits per heavy atom. The van der Waals surface area contributed by atoms with Gasteiger partial charge in [0.15, 0.2) is 11.5 Å². The molecule has 0 spiro atoms. The average molecular weight is 428 g/mol. The topological polar surface area (TPSA) is 73.9 Å². The van der Waals surface area contributed by atoms with Crippen LogP contribution in [-0.2, 0) is 15.5 Å². The molecule has 2 aromatic rings. The molecule has 0 amide bonds. The van der Waals surface area contributed by atoms with E-state index >= 15 is 0 Å². The molecule has 28 heavy (non-hydrogen) atoms. The Labute approximate surface area is 171 Å². The van der Waals surface area contributed by atoms with E-state index in [2.05, 4.69) is 5.32 Å². The molecule has 6 nitrogen and oxygen atoms in total. The molecular weight excluding hydrogens is 402 g/mol. The van der Waals surface area contributed by atoms with E-state index in [1.165, 1.54) is 7.11 Å². The Hall–Kier alpha value is -1.96. The minimum Gasteiger partial charge on any atom is -0.495 e. The Balaban J connectivity index is 1.87. The van der Waals surface area contributed by atoms with Crippen LogP contribution in [0.15, 0.2) is 47.4 Å². The fourth-order valence-electron chi connectivity index (χ4n) is 2.77. The van der Waals surface area contributed by atoms with Crippen molar-refractivity contribution in [2.45, 2.75) is 31.2 Å². The van der Waals surface area contributed by atoms with Crippen LogP contribution in [0.2, 0.25) is 0 Å². The van der Waals surface area contributed by atoms with Crippen molar-refractivity contribution in [3.63, 3.8) is 0 Å². The van der Waals surface area contributed by atoms with Gasteiger partial charge < -0.3 is 19.5 Å². The average Bonchev–Trinajstić information content (AvgIpc) is 2.66. The highest BCUT2D eigenvalue weighted by Gasteiger charge is 2.18. The van der Waals surface area contributed by atoms with Gasteiger partial charge in [-0.15, -0.1) is 0 Å². The number of hydrogen-bond acceptors (Lipinski definition) is 6. The molecule has 0 saturated heterocycles. The zero-order valence-corrected chi connectivity index (χ0v) is 17.8. The number of para-hydroxylation sites is 2. The monoisotopic (exact) mass is 427 g/mol. The summed E-state index contributed by atoms with van der Waals surface area (Å²) in [5.41, 5.74) is 0.850. The van der Waals surface area contributed by atoms with Crippen molar-refractivity contribution < 1.29 is 22.6 Å². The van der Waals surface area contributed by atoms with Gasteiger partial charge in [0.25, 0.3) is 9.05 Å². The van der Waals surface area contributed by atoms with E-state index in [-0.39, 0.29) is 16.7 Å². The second kappa shape index (κ2) is 10.5. The number of methoxy groups -OCH3 is 1. The van der Waals surface area contributed by atoms with Gasteiger partial charge in [-0.2, -0.15) is 0 Å². The maximum Gasteiger partial charge on any atom is 0.264 e. The summed E-state index contributed by atoms with van der Waals surface area (Å²) in [6.45, 7) is 5.65. The first-order chi connectivity index (χ1) is 13.3. The van der Waals surface area contributed by atoms with Crippen LogP contribution in [-0.4, -0.2) is 41.3 Å². The molecule has 8 heteroatoms. The minimum absolute atomic E-state index is 0.0165. The summed E-state index contributed by atoms with van der Waals surface area (Å²) in [7, 11) is 3.04. The molecule has 0 unspecified atom stereocenters. The summed E-state index contributed by atoms with van der Waals surface area (Å²) >= 11 is 0. The molecule has 0 aromatic heterocycles. The lowest BCUT2D eigenvalue weighted by Gasteiger charge is -2.16. The molecule has 0 heterocycles. The van der Waals surface area contributed by atoms with Crippen LogP contribution in [0.1, 0.15) is 19.4 Å². The van der Waals surface area contributed by atoms with E-state index in [0.29, 0.717) is 31.9 Å². The van der Waals surface area contributed by atoms with Gasteiger partial charge >= 0.3 is 0 Å². The second-order valence-electron chi connectivity index (χ2n) is 6.21. The smallest absolute Gasteiger partial charge is 0.264 e. The van der Waals surface area contributed by atoms with Gasteiger partial charge in [-0.1, -0.05) is 18.2 Å². The van der Waals surface area contributed by atoms with Crippen molar-refractivity contribution in [1.82, 2.24) is 5.32 Å². The molecule has 0 radical (unpaired) electrons. The summed E-state index contributed by atoms with van der Waals surface area (Å²) in [5, 5.41) is 3.36. The van der Waals surface area contributed by atoms with Gasteiger partial charge in [0.1, 0.15) is 17.3 Å². The van der Waals surface area contributed by atoms with E-state index in [1.54, 1.807) is 12.1 Å². The van der Waals surface area contributed by atoms with Crippen molar-refractivity contribution in [2.24, 2.45) is 0 Å². The van der Waals surface area contributed by atoms with Crippen molar-refractivity contribution in [3.8, 4) is 17.2 Å². The van der Waals surface area contributed by atoms with Gasteiger partial charge in [-0.05, 0) is 50.1 Å². The Bertz CT molecular complexity index is 873. The SMILES string of the molecule is CCOc1ccccc1OCCN[C@H](C)Cc1ccc(OC)c(S(=O)(=O)Cl)c1. The molecule has 2 rings (SSSR count). The highest BCUT2D eigenvalue weighted by atomic mass is 35.7. The van der Waals surface area contributed by atoms with Crippen LogP contribution in [0.4, 0.5) is 0 Å². The highest BCUT2D eigenvalue weighted by Crippen LogP contribution is 2.28. The first kappa shape index (κ1) is 22.3. The number of hydrogen-bond donors (Lipinski definition) is 1. The normalized spacial score (nSPS) is 12.4. The molecule has 0 saturated carbocycles. The van der Waals surface area contributed by atoms with Gasteiger partial charge in [0.2, 0.25) is 0 Å². The molecule has 1 atom stereocenters. The predicted octanol–water partition coefficient (Wildman–Crippen LogP) is 3.62. The van der Waals surface area contributed by atoms with Gasteiger partial charge in [-0.3, -0.25) is 0 Å². The number of rotatable bonds is 11. The predicted molar refractivity (Wildman–Crippen MR) is 110 cm³/mol. The van der Waals surface area contributed by atoms with Crippen LogP contribution in [0, 0.1) is 0 Å². The maximum absolute atomic E-state index is 11.7. The summed E-state index contributed by atoms with van der Waals surface area (Å²) in [6, 6.07) is 12.7. The molecule has 0 bridgehead atoms. The molecule has 2 aromatic carbocycles. The van der Waals surface area contributed by atoms with E-state index in [0.717, 1.165) is 11.3 Å². The number of ether oxygens (including phenoxy) is 3. The number of halogens is 1. The van der Waals surface area contributed by atoms with E-state index in [1.807, 2.05) is 44.2 Å². The molecule has 0 fully saturated rings. The first-order valence-electron chi connectivity index (χ1n) is 9.04. The molecule has 0 aliphatic carbocycles. The van der Waals surface area contributed by atoms with Gasteiger partial charge in [0.05, 0.1) is 13.7 Å². The van der Waals surface area contributed by atoms with Crippen molar-refractivity contribution in [3.05, 3.63) is 48.0 Å². The van der Waals surface area contributed by atoms with Crippen molar-refractivity contribution in [1.29, 1.82) is 0 Å². The van der Waals surface area contributed by atoms with E-state index in [9.17, 15) is 8.42 Å². The lowest BCUT2D eigenvalue weighted by molar-refractivity contribution is 0.272. The summed E-state index contributed by atoms with van der Waals surface area (Å²) < 4.78 is 39.8. The quantitative estimate of drug-likeness (QED) is 0.436. The summed E-state index contributed by atoms with van der Waals surface area (Å²) in [4.78, 5) is -0.0165. The maximum atomic E-state index is 11.7. The first-order valence-corrected chi connectivity index (χ1v) is 11.4. The van der Waals surface area contributed by atoms with Crippen molar-refractivity contribution in [2.75, 3.05) is 26.9 Å². The summed E-state index contributed by atoms with van der Waals surface area (Å²) in [5.74, 6) is 1.68. The number of benzene rings is 2. The van der Waals surface area contributed by atoms with Crippen LogP contribution in [0.5, 0.6) is 17.2 Å². The van der Waals surface area contributed by atoms with Gasteiger partial charge in [-0.25, -0.2) is 8.42 Å². The fraction of sp³-hybridized carbons (Fsp3) is 0.400. The van der Waals surface area contributed by atoms with E-state index in [4.69, 9.17) is 24.9 Å². The standard InChI is InChI=1S/C20H26ClNO5S/c1-4-26-17-7-5-6-8-18(17)27-12-11-22-15(2)13-16-9-10-19(25-3)20(14-16)28(21,23)24/h5-10,14-15,22H,4,11-13H2,1-3H3/t15-/m1/s1. The van der Waals surface area contributed by atoms with Crippen LogP contribution in [0.25, 0.3) is 0 Å². The summed E-state index contributed by atoms with van der Waals surface area (Å²) in [6.07, 6.45) is 0.638. The molecule has 1 N–H and O–H groups in total. The third-order valence-corrected chi connectivity index (χ3v) is 5.38. The van der Waals surface area contributed by atoms with Crippen LogP contribution < -0.4 is 19.5 Å². The zero-order valence-electron chi connectivity index (χ0n) is 16.3. The van der Waals surface area contributed by atoms with E-state index < -0.39 is 9.05 Å².